The molecule has 2 atom stereocenters. The van der Waals surface area contributed by atoms with Gasteiger partial charge in [-0.05, 0) is 128 Å². The van der Waals surface area contributed by atoms with Crippen LogP contribution in [-0.4, -0.2) is 5.71 Å². The van der Waals surface area contributed by atoms with Crippen molar-refractivity contribution in [3.63, 3.8) is 0 Å². The molecule has 0 radical (unpaired) electrons. The van der Waals surface area contributed by atoms with Gasteiger partial charge in [0.25, 0.3) is 0 Å². The van der Waals surface area contributed by atoms with Crippen LogP contribution in [0.25, 0.3) is 82.8 Å². The molecular weight excluding hydrogens is 767 g/mol. The third-order valence-electron chi connectivity index (χ3n) is 14.0. The number of benzene rings is 8. The van der Waals surface area contributed by atoms with Gasteiger partial charge in [-0.3, -0.25) is 4.99 Å². The standard InChI is InChI=1S/C60H47NO2/c1-4-41-44(26-15-27-51(37-18-7-5-8-19-37)61-59(41)38-20-9-6-10-21-38)48-34-40(43-25-17-31-55-58(43)47-23-12-14-29-53(47)63-55)36-50-56(48)45-33-32-39(35-49(45)60(50,2)3)42-24-16-30-54-57(42)46-22-11-13-28-52(46)62-54/h5-14,16-26,28-36,41,59H,4,15,27H2,1-3H3. The van der Waals surface area contributed by atoms with Gasteiger partial charge in [0.2, 0.25) is 0 Å². The summed E-state index contributed by atoms with van der Waals surface area (Å²) in [5.74, 6) is 0.134. The first-order valence-electron chi connectivity index (χ1n) is 22.5. The minimum atomic E-state index is -0.300. The number of fused-ring (bicyclic) bond motifs is 9. The summed E-state index contributed by atoms with van der Waals surface area (Å²) in [6.07, 6.45) is 5.28. The summed E-state index contributed by atoms with van der Waals surface area (Å²) < 4.78 is 12.9. The maximum absolute atomic E-state index is 6.49. The van der Waals surface area contributed by atoms with Crippen molar-refractivity contribution in [2.45, 2.75) is 51.5 Å². The lowest BCUT2D eigenvalue weighted by Gasteiger charge is -2.31. The summed E-state index contributed by atoms with van der Waals surface area (Å²) in [4.78, 5) is 5.76. The Morgan fingerprint density at radius 3 is 1.78 bits per heavy atom. The molecule has 2 aliphatic rings. The number of hydrogen-bond donors (Lipinski definition) is 0. The van der Waals surface area contributed by atoms with E-state index in [-0.39, 0.29) is 17.4 Å². The molecule has 63 heavy (non-hydrogen) atoms. The molecule has 10 aromatic rings. The molecular formula is C60H47NO2. The Hall–Kier alpha value is -7.23. The molecule has 1 aliphatic heterocycles. The number of aliphatic imine (C=N–C) groups is 1. The Kier molecular flexibility index (Phi) is 8.76. The van der Waals surface area contributed by atoms with Crippen LogP contribution in [0.4, 0.5) is 0 Å². The smallest absolute Gasteiger partial charge is 0.136 e. The van der Waals surface area contributed by atoms with Crippen LogP contribution in [0.2, 0.25) is 0 Å². The highest BCUT2D eigenvalue weighted by molar-refractivity contribution is 6.14. The molecule has 0 saturated heterocycles. The van der Waals surface area contributed by atoms with E-state index in [0.29, 0.717) is 0 Å². The largest absolute Gasteiger partial charge is 0.456 e. The average Bonchev–Trinajstić information content (AvgIpc) is 3.97. The minimum Gasteiger partial charge on any atom is -0.456 e. The molecule has 304 valence electrons. The molecule has 0 saturated carbocycles. The molecule has 0 amide bonds. The summed E-state index contributed by atoms with van der Waals surface area (Å²) in [6.45, 7) is 7.19. The minimum absolute atomic E-state index is 0.0555. The zero-order valence-electron chi connectivity index (χ0n) is 35.9. The van der Waals surface area contributed by atoms with Gasteiger partial charge < -0.3 is 8.83 Å². The maximum Gasteiger partial charge on any atom is 0.136 e. The van der Waals surface area contributed by atoms with E-state index in [1.807, 2.05) is 6.07 Å². The molecule has 8 aromatic carbocycles. The van der Waals surface area contributed by atoms with Gasteiger partial charge in [0, 0.05) is 38.6 Å². The fourth-order valence-electron chi connectivity index (χ4n) is 11.0. The Labute approximate surface area is 368 Å². The van der Waals surface area contributed by atoms with Gasteiger partial charge in [0.1, 0.15) is 22.3 Å². The molecule has 12 rings (SSSR count). The lowest BCUT2D eigenvalue weighted by Crippen LogP contribution is -2.19. The lowest BCUT2D eigenvalue weighted by atomic mass is 9.76. The fraction of sp³-hybridized carbons (Fsp3) is 0.150. The second kappa shape index (κ2) is 14.7. The first-order valence-corrected chi connectivity index (χ1v) is 22.5. The van der Waals surface area contributed by atoms with Crippen LogP contribution in [0, 0.1) is 5.92 Å². The van der Waals surface area contributed by atoms with Crippen LogP contribution in [0.15, 0.2) is 196 Å². The number of furan rings is 2. The van der Waals surface area contributed by atoms with Crippen LogP contribution in [0.1, 0.15) is 73.9 Å². The van der Waals surface area contributed by atoms with Gasteiger partial charge >= 0.3 is 0 Å². The predicted molar refractivity (Wildman–Crippen MR) is 263 cm³/mol. The molecule has 0 bridgehead atoms. The monoisotopic (exact) mass is 813 g/mol. The lowest BCUT2D eigenvalue weighted by molar-refractivity contribution is 0.519. The van der Waals surface area contributed by atoms with Crippen LogP contribution in [0.3, 0.4) is 0 Å². The second-order valence-electron chi connectivity index (χ2n) is 17.9. The van der Waals surface area contributed by atoms with Crippen molar-refractivity contribution in [1.82, 2.24) is 0 Å². The van der Waals surface area contributed by atoms with Gasteiger partial charge in [-0.15, -0.1) is 0 Å². The normalized spacial score (nSPS) is 17.1. The third-order valence-corrected chi connectivity index (χ3v) is 14.0. The number of allylic oxidation sites excluding steroid dienone is 1. The van der Waals surface area contributed by atoms with Crippen molar-refractivity contribution in [1.29, 1.82) is 0 Å². The number of hydrogen-bond acceptors (Lipinski definition) is 3. The first-order chi connectivity index (χ1) is 31.0. The molecule has 0 N–H and O–H groups in total. The van der Waals surface area contributed by atoms with Crippen LogP contribution < -0.4 is 0 Å². The first kappa shape index (κ1) is 37.5. The van der Waals surface area contributed by atoms with E-state index in [1.54, 1.807) is 0 Å². The Morgan fingerprint density at radius 2 is 1.11 bits per heavy atom. The highest BCUT2D eigenvalue weighted by atomic mass is 16.3. The van der Waals surface area contributed by atoms with E-state index in [4.69, 9.17) is 13.8 Å². The predicted octanol–water partition coefficient (Wildman–Crippen LogP) is 16.6. The van der Waals surface area contributed by atoms with Crippen molar-refractivity contribution in [3.8, 4) is 33.4 Å². The van der Waals surface area contributed by atoms with Gasteiger partial charge in [-0.25, -0.2) is 0 Å². The summed E-state index contributed by atoms with van der Waals surface area (Å²) in [5, 5.41) is 4.61. The maximum atomic E-state index is 6.49. The van der Waals surface area contributed by atoms with E-state index in [2.05, 4.69) is 197 Å². The van der Waals surface area contributed by atoms with Crippen molar-refractivity contribution < 1.29 is 8.83 Å². The van der Waals surface area contributed by atoms with Crippen LogP contribution in [0.5, 0.6) is 0 Å². The Balaban J connectivity index is 1.10. The van der Waals surface area contributed by atoms with Crippen LogP contribution >= 0.6 is 0 Å². The molecule has 0 fully saturated rings. The fourth-order valence-corrected chi connectivity index (χ4v) is 11.0. The van der Waals surface area contributed by atoms with E-state index >= 15 is 0 Å². The highest BCUT2D eigenvalue weighted by Crippen LogP contribution is 2.56. The molecule has 3 heteroatoms. The van der Waals surface area contributed by atoms with Gasteiger partial charge in [0.15, 0.2) is 0 Å². The van der Waals surface area contributed by atoms with E-state index in [9.17, 15) is 0 Å². The third kappa shape index (κ3) is 5.97. The van der Waals surface area contributed by atoms with E-state index < -0.39 is 0 Å². The van der Waals surface area contributed by atoms with Crippen LogP contribution in [-0.2, 0) is 5.41 Å². The van der Waals surface area contributed by atoms with Gasteiger partial charge in [-0.1, -0.05) is 160 Å². The van der Waals surface area contributed by atoms with E-state index in [1.165, 1.54) is 72.5 Å². The number of nitrogens with zero attached hydrogens (tertiary/aromatic N) is 1. The van der Waals surface area contributed by atoms with Gasteiger partial charge in [-0.2, -0.15) is 0 Å². The van der Waals surface area contributed by atoms with E-state index in [0.717, 1.165) is 63.1 Å². The zero-order chi connectivity index (χ0) is 42.2. The molecule has 2 unspecified atom stereocenters. The Bertz CT molecular complexity index is 3470. The molecule has 2 aromatic heterocycles. The summed E-state index contributed by atoms with van der Waals surface area (Å²) in [7, 11) is 0. The quantitative estimate of drug-likeness (QED) is 0.168. The topological polar surface area (TPSA) is 38.6 Å². The summed E-state index contributed by atoms with van der Waals surface area (Å²) in [5.41, 5.74) is 19.8. The van der Waals surface area contributed by atoms with Gasteiger partial charge in [0.05, 0.1) is 6.04 Å². The molecule has 3 nitrogen and oxygen atoms in total. The number of para-hydroxylation sites is 2. The van der Waals surface area contributed by atoms with Crippen molar-refractivity contribution >= 4 is 55.2 Å². The SMILES string of the molecule is CCC1C(c2cc(-c3cccc4oc5ccccc5c34)cc3c2-c2ccc(-c4cccc5oc6ccccc6c45)cc2C3(C)C)=CCCC(c2ccccc2)=NC1c1ccccc1. The van der Waals surface area contributed by atoms with Crippen molar-refractivity contribution in [3.05, 3.63) is 210 Å². The second-order valence-corrected chi connectivity index (χ2v) is 17.9. The highest BCUT2D eigenvalue weighted by Gasteiger charge is 2.40. The zero-order valence-corrected chi connectivity index (χ0v) is 35.9. The van der Waals surface area contributed by atoms with Crippen molar-refractivity contribution in [2.24, 2.45) is 10.9 Å². The molecule has 0 spiro atoms. The summed E-state index contributed by atoms with van der Waals surface area (Å²) >= 11 is 0. The molecule has 1 aliphatic carbocycles. The Morgan fingerprint density at radius 1 is 0.524 bits per heavy atom. The number of rotatable bonds is 6. The molecule has 3 heterocycles. The van der Waals surface area contributed by atoms with Crippen molar-refractivity contribution in [2.75, 3.05) is 0 Å². The average molecular weight is 814 g/mol. The summed E-state index contributed by atoms with van der Waals surface area (Å²) in [6, 6.07) is 63.8.